The predicted octanol–water partition coefficient (Wildman–Crippen LogP) is 5.75. The number of nitrogens with one attached hydrogen (secondary N) is 1. The standard InChI is InChI=1S/C25H23ClF3NO2/c26-19-8-6-18(7-9-19)25(32-15-17-4-2-1-3-5-17)10-11-30-14-24(25)31-16-21-22(28)12-20(27)13-23(21)29/h1-9,12-13,24,30H,10-11,14-16H2/t24-,25+/m0/s1. The Labute approximate surface area is 190 Å². The van der Waals surface area contributed by atoms with E-state index >= 15 is 0 Å². The number of ether oxygens (including phenoxy) is 2. The third-order valence-electron chi connectivity index (χ3n) is 5.73. The van der Waals surface area contributed by atoms with Crippen molar-refractivity contribution < 1.29 is 22.6 Å². The van der Waals surface area contributed by atoms with Gasteiger partial charge in [-0.2, -0.15) is 0 Å². The van der Waals surface area contributed by atoms with Crippen molar-refractivity contribution in [2.75, 3.05) is 13.1 Å². The van der Waals surface area contributed by atoms with Crippen LogP contribution < -0.4 is 5.32 Å². The number of halogens is 4. The fourth-order valence-electron chi connectivity index (χ4n) is 4.02. The van der Waals surface area contributed by atoms with Crippen molar-refractivity contribution in [1.29, 1.82) is 0 Å². The van der Waals surface area contributed by atoms with Crippen LogP contribution in [0.5, 0.6) is 0 Å². The molecule has 3 nitrogen and oxygen atoms in total. The van der Waals surface area contributed by atoms with Crippen molar-refractivity contribution in [3.63, 3.8) is 0 Å². The Kier molecular flexibility index (Phi) is 7.16. The molecule has 32 heavy (non-hydrogen) atoms. The second kappa shape index (κ2) is 10.0. The van der Waals surface area contributed by atoms with E-state index in [0.29, 0.717) is 43.3 Å². The van der Waals surface area contributed by atoms with Gasteiger partial charge in [0.2, 0.25) is 0 Å². The van der Waals surface area contributed by atoms with Gasteiger partial charge in [-0.3, -0.25) is 0 Å². The summed E-state index contributed by atoms with van der Waals surface area (Å²) in [5.41, 5.74) is 0.682. The summed E-state index contributed by atoms with van der Waals surface area (Å²) >= 11 is 6.10. The fraction of sp³-hybridized carbons (Fsp3) is 0.280. The summed E-state index contributed by atoms with van der Waals surface area (Å²) in [7, 11) is 0. The molecule has 1 aliphatic heterocycles. The Balaban J connectivity index is 1.63. The number of piperidine rings is 1. The molecule has 0 unspecified atom stereocenters. The first-order valence-corrected chi connectivity index (χ1v) is 10.8. The second-order valence-electron chi connectivity index (χ2n) is 7.77. The molecule has 168 valence electrons. The van der Waals surface area contributed by atoms with E-state index in [2.05, 4.69) is 5.32 Å². The number of benzene rings is 3. The molecule has 0 spiro atoms. The molecule has 0 amide bonds. The van der Waals surface area contributed by atoms with Gasteiger partial charge >= 0.3 is 0 Å². The average Bonchev–Trinajstić information content (AvgIpc) is 2.79. The van der Waals surface area contributed by atoms with E-state index in [1.165, 1.54) is 0 Å². The minimum atomic E-state index is -0.978. The zero-order chi connectivity index (χ0) is 22.6. The summed E-state index contributed by atoms with van der Waals surface area (Å²) in [6.07, 6.45) is 0.0329. The van der Waals surface area contributed by atoms with Gasteiger partial charge in [0.25, 0.3) is 0 Å². The molecular formula is C25H23ClF3NO2. The third kappa shape index (κ3) is 4.99. The lowest BCUT2D eigenvalue weighted by atomic mass is 9.82. The highest BCUT2D eigenvalue weighted by Crippen LogP contribution is 2.39. The van der Waals surface area contributed by atoms with E-state index in [9.17, 15) is 13.2 Å². The second-order valence-corrected chi connectivity index (χ2v) is 8.21. The summed E-state index contributed by atoms with van der Waals surface area (Å²) in [4.78, 5) is 0. The molecule has 3 aromatic carbocycles. The monoisotopic (exact) mass is 461 g/mol. The van der Waals surface area contributed by atoms with Crippen molar-refractivity contribution >= 4 is 11.6 Å². The highest BCUT2D eigenvalue weighted by atomic mass is 35.5. The van der Waals surface area contributed by atoms with Crippen LogP contribution in [0.4, 0.5) is 13.2 Å². The Morgan fingerprint density at radius 3 is 2.31 bits per heavy atom. The molecule has 1 N–H and O–H groups in total. The molecule has 4 rings (SSSR count). The molecule has 3 aromatic rings. The Bertz CT molecular complexity index is 1030. The van der Waals surface area contributed by atoms with Crippen molar-refractivity contribution in [2.24, 2.45) is 0 Å². The summed E-state index contributed by atoms with van der Waals surface area (Å²) in [5.74, 6) is -2.92. The molecule has 1 aliphatic rings. The van der Waals surface area contributed by atoms with Crippen LogP contribution in [-0.4, -0.2) is 19.2 Å². The predicted molar refractivity (Wildman–Crippen MR) is 117 cm³/mol. The molecule has 0 radical (unpaired) electrons. The molecule has 2 atom stereocenters. The van der Waals surface area contributed by atoms with Crippen LogP contribution in [0.3, 0.4) is 0 Å². The quantitative estimate of drug-likeness (QED) is 0.486. The molecule has 0 aliphatic carbocycles. The van der Waals surface area contributed by atoms with Crippen LogP contribution in [0.25, 0.3) is 0 Å². The van der Waals surface area contributed by atoms with Gasteiger partial charge in [0.1, 0.15) is 29.2 Å². The lowest BCUT2D eigenvalue weighted by Gasteiger charge is -2.44. The molecule has 0 aromatic heterocycles. The zero-order valence-electron chi connectivity index (χ0n) is 17.3. The van der Waals surface area contributed by atoms with Gasteiger partial charge in [0, 0.05) is 29.3 Å². The molecule has 1 saturated heterocycles. The van der Waals surface area contributed by atoms with Gasteiger partial charge in [0.15, 0.2) is 0 Å². The first-order valence-electron chi connectivity index (χ1n) is 10.4. The molecule has 0 bridgehead atoms. The number of hydrogen-bond acceptors (Lipinski definition) is 3. The highest BCUT2D eigenvalue weighted by molar-refractivity contribution is 6.30. The van der Waals surface area contributed by atoms with Gasteiger partial charge in [-0.25, -0.2) is 13.2 Å². The lowest BCUT2D eigenvalue weighted by Crippen LogP contribution is -2.54. The Hall–Kier alpha value is -2.38. The van der Waals surface area contributed by atoms with Crippen LogP contribution in [-0.2, 0) is 28.3 Å². The van der Waals surface area contributed by atoms with E-state index in [0.717, 1.165) is 11.1 Å². The summed E-state index contributed by atoms with van der Waals surface area (Å²) in [6.45, 7) is 1.08. The minimum absolute atomic E-state index is 0.315. The molecule has 1 heterocycles. The molecule has 7 heteroatoms. The maximum absolute atomic E-state index is 14.2. The number of rotatable bonds is 7. The van der Waals surface area contributed by atoms with E-state index in [4.69, 9.17) is 21.1 Å². The van der Waals surface area contributed by atoms with Gasteiger partial charge < -0.3 is 14.8 Å². The highest BCUT2D eigenvalue weighted by Gasteiger charge is 2.44. The van der Waals surface area contributed by atoms with E-state index in [1.807, 2.05) is 42.5 Å². The van der Waals surface area contributed by atoms with Crippen molar-refractivity contribution in [3.8, 4) is 0 Å². The maximum Gasteiger partial charge on any atom is 0.134 e. The van der Waals surface area contributed by atoms with Crippen LogP contribution in [0, 0.1) is 17.5 Å². The first kappa shape index (κ1) is 22.8. The van der Waals surface area contributed by atoms with Crippen molar-refractivity contribution in [2.45, 2.75) is 31.3 Å². The van der Waals surface area contributed by atoms with Crippen molar-refractivity contribution in [1.82, 2.24) is 5.32 Å². The van der Waals surface area contributed by atoms with E-state index in [1.54, 1.807) is 12.1 Å². The van der Waals surface area contributed by atoms with E-state index in [-0.39, 0.29) is 12.2 Å². The SMILES string of the molecule is Fc1cc(F)c(CO[C@H]2CNCC[C@@]2(OCc2ccccc2)c2ccc(Cl)cc2)c(F)c1. The smallest absolute Gasteiger partial charge is 0.134 e. The normalized spacial score (nSPS) is 20.9. The van der Waals surface area contributed by atoms with Crippen LogP contribution in [0.15, 0.2) is 66.7 Å². The van der Waals surface area contributed by atoms with Gasteiger partial charge in [-0.1, -0.05) is 54.1 Å². The molecular weight excluding hydrogens is 439 g/mol. The fourth-order valence-corrected chi connectivity index (χ4v) is 4.14. The Morgan fingerprint density at radius 1 is 0.938 bits per heavy atom. The van der Waals surface area contributed by atoms with Crippen LogP contribution in [0.2, 0.25) is 5.02 Å². The topological polar surface area (TPSA) is 30.5 Å². The third-order valence-corrected chi connectivity index (χ3v) is 5.98. The summed E-state index contributed by atoms with van der Waals surface area (Å²) in [6, 6.07) is 18.4. The van der Waals surface area contributed by atoms with E-state index < -0.39 is 29.2 Å². The van der Waals surface area contributed by atoms with Crippen LogP contribution >= 0.6 is 11.6 Å². The molecule has 0 saturated carbocycles. The van der Waals surface area contributed by atoms with Gasteiger partial charge in [0.05, 0.1) is 13.2 Å². The van der Waals surface area contributed by atoms with Crippen LogP contribution in [0.1, 0.15) is 23.1 Å². The first-order chi connectivity index (χ1) is 15.5. The van der Waals surface area contributed by atoms with Crippen molar-refractivity contribution in [3.05, 3.63) is 106 Å². The summed E-state index contributed by atoms with van der Waals surface area (Å²) < 4.78 is 54.2. The van der Waals surface area contributed by atoms with Gasteiger partial charge in [-0.05, 0) is 36.2 Å². The number of hydrogen-bond donors (Lipinski definition) is 1. The summed E-state index contributed by atoms with van der Waals surface area (Å²) in [5, 5.41) is 3.86. The minimum Gasteiger partial charge on any atom is -0.369 e. The average molecular weight is 462 g/mol. The maximum atomic E-state index is 14.2. The van der Waals surface area contributed by atoms with Gasteiger partial charge in [-0.15, -0.1) is 0 Å². The largest absolute Gasteiger partial charge is 0.369 e. The zero-order valence-corrected chi connectivity index (χ0v) is 18.0. The molecule has 1 fully saturated rings. The lowest BCUT2D eigenvalue weighted by molar-refractivity contribution is -0.177. The Morgan fingerprint density at radius 2 is 1.62 bits per heavy atom.